The maximum atomic E-state index is 12.2. The summed E-state index contributed by atoms with van der Waals surface area (Å²) in [5.41, 5.74) is 2.29. The molecule has 1 amide bonds. The number of benzene rings is 1. The van der Waals surface area contributed by atoms with Crippen molar-refractivity contribution in [3.63, 3.8) is 0 Å². The van der Waals surface area contributed by atoms with Gasteiger partial charge < -0.3 is 14.5 Å². The van der Waals surface area contributed by atoms with Gasteiger partial charge in [-0.3, -0.25) is 9.48 Å². The molecule has 0 radical (unpaired) electrons. The van der Waals surface area contributed by atoms with Gasteiger partial charge in [-0.05, 0) is 48.6 Å². The fraction of sp³-hybridized carbons (Fsp3) is 0.364. The van der Waals surface area contributed by atoms with Crippen molar-refractivity contribution in [2.24, 2.45) is 0 Å². The summed E-state index contributed by atoms with van der Waals surface area (Å²) in [6, 6.07) is 9.64. The zero-order valence-electron chi connectivity index (χ0n) is 16.9. The molecule has 0 saturated heterocycles. The lowest BCUT2D eigenvalue weighted by atomic mass is 10.0. The first-order valence-electron chi connectivity index (χ1n) is 9.70. The van der Waals surface area contributed by atoms with Gasteiger partial charge >= 0.3 is 0 Å². The monoisotopic (exact) mass is 415 g/mol. The number of ether oxygens (including phenoxy) is 1. The summed E-state index contributed by atoms with van der Waals surface area (Å²) < 4.78 is 13.3. The van der Waals surface area contributed by atoms with Crippen molar-refractivity contribution in [3.8, 4) is 5.75 Å². The number of carbonyl (C=O) groups excluding carboxylic acids is 1. The molecule has 0 spiro atoms. The smallest absolute Gasteiger partial charge is 0.286 e. The molecule has 1 aromatic carbocycles. The number of carbonyl (C=O) groups is 1. The summed E-state index contributed by atoms with van der Waals surface area (Å²) in [4.78, 5) is 12.2. The van der Waals surface area contributed by atoms with Gasteiger partial charge in [0.2, 0.25) is 0 Å². The van der Waals surface area contributed by atoms with E-state index in [0.29, 0.717) is 29.8 Å². The van der Waals surface area contributed by atoms with Crippen molar-refractivity contribution < 1.29 is 13.9 Å². The Morgan fingerprint density at radius 1 is 1.31 bits per heavy atom. The largest absolute Gasteiger partial charge is 0.485 e. The van der Waals surface area contributed by atoms with Gasteiger partial charge in [-0.25, -0.2) is 0 Å². The summed E-state index contributed by atoms with van der Waals surface area (Å²) in [6.07, 6.45) is 4.08. The average molecular weight is 416 g/mol. The first-order valence-corrected chi connectivity index (χ1v) is 10.1. The van der Waals surface area contributed by atoms with Crippen LogP contribution in [-0.4, -0.2) is 22.2 Å². The van der Waals surface area contributed by atoms with E-state index in [1.165, 1.54) is 0 Å². The van der Waals surface area contributed by atoms with E-state index in [4.69, 9.17) is 20.8 Å². The van der Waals surface area contributed by atoms with Gasteiger partial charge in [-0.15, -0.1) is 0 Å². The Morgan fingerprint density at radius 2 is 2.14 bits per heavy atom. The Balaban J connectivity index is 1.49. The number of furan rings is 1. The summed E-state index contributed by atoms with van der Waals surface area (Å²) >= 11 is 5.83. The minimum absolute atomic E-state index is 0.242. The molecule has 7 heteroatoms. The van der Waals surface area contributed by atoms with Crippen LogP contribution in [0.1, 0.15) is 53.6 Å². The van der Waals surface area contributed by atoms with Crippen LogP contribution in [0.15, 0.2) is 47.1 Å². The molecule has 0 aliphatic carbocycles. The van der Waals surface area contributed by atoms with Crippen LogP contribution in [0.2, 0.25) is 5.02 Å². The number of rotatable bonds is 9. The van der Waals surface area contributed by atoms with Gasteiger partial charge in [0, 0.05) is 19.3 Å². The average Bonchev–Trinajstić information content (AvgIpc) is 3.32. The molecule has 0 bridgehead atoms. The van der Waals surface area contributed by atoms with Crippen molar-refractivity contribution in [2.45, 2.75) is 46.3 Å². The topological polar surface area (TPSA) is 69.3 Å². The van der Waals surface area contributed by atoms with E-state index in [-0.39, 0.29) is 18.3 Å². The van der Waals surface area contributed by atoms with Gasteiger partial charge in [-0.1, -0.05) is 37.6 Å². The SMILES string of the molecule is Cc1ccc(C(C)C)c(OCc2ccc(C(=O)NCCCn3cc(Cl)cn3)o2)c1. The third-order valence-electron chi connectivity index (χ3n) is 4.50. The standard InChI is InChI=1S/C22H26ClN3O3/c1-15(2)19-7-5-16(3)11-21(19)28-14-18-6-8-20(29-18)22(27)24-9-4-10-26-13-17(23)12-25-26/h5-8,11-13,15H,4,9-10,14H2,1-3H3,(H,24,27). The number of hydrogen-bond donors (Lipinski definition) is 1. The molecule has 0 aliphatic rings. The van der Waals surface area contributed by atoms with Crippen molar-refractivity contribution in [2.75, 3.05) is 6.54 Å². The van der Waals surface area contributed by atoms with Crippen molar-refractivity contribution in [3.05, 3.63) is 70.4 Å². The molecular weight excluding hydrogens is 390 g/mol. The summed E-state index contributed by atoms with van der Waals surface area (Å²) in [7, 11) is 0. The number of nitrogens with one attached hydrogen (secondary N) is 1. The zero-order chi connectivity index (χ0) is 20.8. The second-order valence-corrected chi connectivity index (χ2v) is 7.72. The van der Waals surface area contributed by atoms with Crippen molar-refractivity contribution >= 4 is 17.5 Å². The van der Waals surface area contributed by atoms with Gasteiger partial charge in [-0.2, -0.15) is 5.10 Å². The molecule has 6 nitrogen and oxygen atoms in total. The van der Waals surface area contributed by atoms with Crippen LogP contribution in [-0.2, 0) is 13.2 Å². The molecule has 154 valence electrons. The van der Waals surface area contributed by atoms with E-state index in [1.54, 1.807) is 29.2 Å². The Kier molecular flexibility index (Phi) is 6.99. The highest BCUT2D eigenvalue weighted by molar-refractivity contribution is 6.30. The summed E-state index contributed by atoms with van der Waals surface area (Å²) in [5, 5.41) is 7.55. The normalized spacial score (nSPS) is 11.1. The lowest BCUT2D eigenvalue weighted by molar-refractivity contribution is 0.0920. The van der Waals surface area contributed by atoms with Crippen LogP contribution >= 0.6 is 11.6 Å². The molecule has 0 aliphatic heterocycles. The number of nitrogens with zero attached hydrogens (tertiary/aromatic N) is 2. The van der Waals surface area contributed by atoms with Gasteiger partial charge in [0.05, 0.1) is 11.2 Å². The Labute approximate surface area is 175 Å². The fourth-order valence-corrected chi connectivity index (χ4v) is 3.12. The Morgan fingerprint density at radius 3 is 2.86 bits per heavy atom. The number of hydrogen-bond acceptors (Lipinski definition) is 4. The van der Waals surface area contributed by atoms with Gasteiger partial charge in [0.15, 0.2) is 5.76 Å². The second kappa shape index (κ2) is 9.65. The molecule has 0 fully saturated rings. The van der Waals surface area contributed by atoms with Crippen LogP contribution in [0.5, 0.6) is 5.75 Å². The molecule has 3 rings (SSSR count). The van der Waals surface area contributed by atoms with E-state index in [2.05, 4.69) is 36.4 Å². The lowest BCUT2D eigenvalue weighted by Crippen LogP contribution is -2.24. The molecule has 0 saturated carbocycles. The van der Waals surface area contributed by atoms with Crippen LogP contribution in [0.3, 0.4) is 0 Å². The van der Waals surface area contributed by atoms with E-state index < -0.39 is 0 Å². The maximum Gasteiger partial charge on any atom is 0.286 e. The number of aromatic nitrogens is 2. The van der Waals surface area contributed by atoms with Crippen LogP contribution in [0, 0.1) is 6.92 Å². The molecule has 29 heavy (non-hydrogen) atoms. The minimum Gasteiger partial charge on any atom is -0.485 e. The summed E-state index contributed by atoms with van der Waals surface area (Å²) in [5.74, 6) is 1.85. The van der Waals surface area contributed by atoms with E-state index >= 15 is 0 Å². The molecule has 1 N–H and O–H groups in total. The minimum atomic E-state index is -0.242. The van der Waals surface area contributed by atoms with Crippen LogP contribution < -0.4 is 10.1 Å². The van der Waals surface area contributed by atoms with E-state index in [0.717, 1.165) is 23.3 Å². The van der Waals surface area contributed by atoms with Crippen LogP contribution in [0.4, 0.5) is 0 Å². The van der Waals surface area contributed by atoms with E-state index in [9.17, 15) is 4.79 Å². The number of halogens is 1. The summed E-state index contributed by atoms with van der Waals surface area (Å²) in [6.45, 7) is 7.77. The third-order valence-corrected chi connectivity index (χ3v) is 4.69. The molecule has 2 heterocycles. The molecule has 0 unspecified atom stereocenters. The van der Waals surface area contributed by atoms with Gasteiger partial charge in [0.1, 0.15) is 18.1 Å². The second-order valence-electron chi connectivity index (χ2n) is 7.28. The third kappa shape index (κ3) is 5.87. The zero-order valence-corrected chi connectivity index (χ0v) is 17.7. The Hall–Kier alpha value is -2.73. The predicted molar refractivity (Wildman–Crippen MR) is 112 cm³/mol. The fourth-order valence-electron chi connectivity index (χ4n) is 2.96. The first kappa shape index (κ1) is 21.0. The predicted octanol–water partition coefficient (Wildman–Crippen LogP) is 4.96. The van der Waals surface area contributed by atoms with Gasteiger partial charge in [0.25, 0.3) is 5.91 Å². The highest BCUT2D eigenvalue weighted by Crippen LogP contribution is 2.28. The van der Waals surface area contributed by atoms with E-state index in [1.807, 2.05) is 13.0 Å². The lowest BCUT2D eigenvalue weighted by Gasteiger charge is -2.14. The first-order chi connectivity index (χ1) is 13.9. The quantitative estimate of drug-likeness (QED) is 0.501. The maximum absolute atomic E-state index is 12.2. The number of aryl methyl sites for hydroxylation is 2. The number of amides is 1. The van der Waals surface area contributed by atoms with Crippen molar-refractivity contribution in [1.82, 2.24) is 15.1 Å². The molecule has 0 atom stereocenters. The highest BCUT2D eigenvalue weighted by Gasteiger charge is 2.13. The van der Waals surface area contributed by atoms with Crippen molar-refractivity contribution in [1.29, 1.82) is 0 Å². The highest BCUT2D eigenvalue weighted by atomic mass is 35.5. The van der Waals surface area contributed by atoms with Crippen LogP contribution in [0.25, 0.3) is 0 Å². The molecule has 2 aromatic heterocycles. The Bertz CT molecular complexity index is 962. The molecule has 3 aromatic rings. The molecular formula is C22H26ClN3O3.